The van der Waals surface area contributed by atoms with Gasteiger partial charge >= 0.3 is 0 Å². The lowest BCUT2D eigenvalue weighted by molar-refractivity contribution is 1.05. The Morgan fingerprint density at radius 1 is 1.26 bits per heavy atom. The predicted octanol–water partition coefficient (Wildman–Crippen LogP) is 3.75. The number of nitriles is 1. The van der Waals surface area contributed by atoms with Crippen molar-refractivity contribution < 1.29 is 0 Å². The number of hydrogen-bond donors (Lipinski definition) is 0. The molecule has 3 nitrogen and oxygen atoms in total. The van der Waals surface area contributed by atoms with Gasteiger partial charge in [0.25, 0.3) is 0 Å². The van der Waals surface area contributed by atoms with Gasteiger partial charge in [-0.1, -0.05) is 29.8 Å². The molecule has 0 fully saturated rings. The highest BCUT2D eigenvalue weighted by molar-refractivity contribution is 7.15. The van der Waals surface area contributed by atoms with E-state index in [0.717, 1.165) is 27.6 Å². The van der Waals surface area contributed by atoms with Crippen molar-refractivity contribution in [3.8, 4) is 17.3 Å². The summed E-state index contributed by atoms with van der Waals surface area (Å²) in [6.45, 7) is 4.04. The van der Waals surface area contributed by atoms with Gasteiger partial charge in [-0.05, 0) is 19.4 Å². The summed E-state index contributed by atoms with van der Waals surface area (Å²) in [6, 6.07) is 10.7. The number of thiazole rings is 1. The number of fused-ring (bicyclic) bond motifs is 1. The average molecular weight is 267 g/mol. The largest absolute Gasteiger partial charge is 0.286 e. The van der Waals surface area contributed by atoms with Crippen LogP contribution in [0.5, 0.6) is 0 Å². The molecule has 0 N–H and O–H groups in total. The van der Waals surface area contributed by atoms with Gasteiger partial charge in [0.1, 0.15) is 0 Å². The summed E-state index contributed by atoms with van der Waals surface area (Å²) in [4.78, 5) is 5.48. The molecule has 0 aliphatic rings. The maximum absolute atomic E-state index is 8.97. The average Bonchev–Trinajstić information content (AvgIpc) is 2.92. The number of aryl methyl sites for hydroxylation is 2. The molecule has 0 saturated carbocycles. The van der Waals surface area contributed by atoms with E-state index in [1.807, 2.05) is 6.92 Å². The van der Waals surface area contributed by atoms with E-state index >= 15 is 0 Å². The fourth-order valence-corrected chi connectivity index (χ4v) is 3.19. The molecule has 0 radical (unpaired) electrons. The Kier molecular flexibility index (Phi) is 2.84. The normalized spacial score (nSPS) is 10.8. The number of nitrogens with zero attached hydrogens (tertiary/aromatic N) is 3. The molecule has 0 bridgehead atoms. The quantitative estimate of drug-likeness (QED) is 0.709. The minimum atomic E-state index is 0.391. The van der Waals surface area contributed by atoms with Gasteiger partial charge in [0.2, 0.25) is 0 Å². The van der Waals surface area contributed by atoms with Crippen molar-refractivity contribution in [1.82, 2.24) is 9.38 Å². The maximum Gasteiger partial charge on any atom is 0.194 e. The molecule has 0 amide bonds. The minimum Gasteiger partial charge on any atom is -0.286 e. The molecule has 0 spiro atoms. The van der Waals surface area contributed by atoms with E-state index in [1.54, 1.807) is 11.3 Å². The zero-order valence-electron chi connectivity index (χ0n) is 10.8. The molecule has 0 unspecified atom stereocenters. The Morgan fingerprint density at radius 3 is 2.68 bits per heavy atom. The van der Waals surface area contributed by atoms with Gasteiger partial charge in [-0.3, -0.25) is 4.40 Å². The molecule has 94 valence electrons. The third kappa shape index (κ3) is 1.92. The molecule has 0 atom stereocenters. The van der Waals surface area contributed by atoms with Crippen molar-refractivity contribution in [2.45, 2.75) is 20.3 Å². The first-order chi connectivity index (χ1) is 9.20. The van der Waals surface area contributed by atoms with Crippen molar-refractivity contribution >= 4 is 16.3 Å². The van der Waals surface area contributed by atoms with Crippen LogP contribution in [0.15, 0.2) is 29.6 Å². The smallest absolute Gasteiger partial charge is 0.194 e. The van der Waals surface area contributed by atoms with Crippen LogP contribution in [0, 0.1) is 25.2 Å². The zero-order valence-corrected chi connectivity index (χ0v) is 11.7. The van der Waals surface area contributed by atoms with Crippen LogP contribution >= 0.6 is 11.3 Å². The molecule has 0 aliphatic heterocycles. The van der Waals surface area contributed by atoms with E-state index in [-0.39, 0.29) is 0 Å². The van der Waals surface area contributed by atoms with E-state index in [1.165, 1.54) is 5.56 Å². The molecular weight excluding hydrogens is 254 g/mol. The summed E-state index contributed by atoms with van der Waals surface area (Å²) in [5.41, 5.74) is 5.46. The zero-order chi connectivity index (χ0) is 13.4. The standard InChI is InChI=1S/C15H13N3S/c1-10-3-5-12(6-4-10)14-9-19-15-17-11(2)13(7-8-16)18(14)15/h3-6,9H,7H2,1-2H3. The van der Waals surface area contributed by atoms with Crippen LogP contribution in [-0.2, 0) is 6.42 Å². The predicted molar refractivity (Wildman–Crippen MR) is 77.3 cm³/mol. The fraction of sp³-hybridized carbons (Fsp3) is 0.200. The first-order valence-corrected chi connectivity index (χ1v) is 6.98. The summed E-state index contributed by atoms with van der Waals surface area (Å²) >= 11 is 1.62. The monoisotopic (exact) mass is 267 g/mol. The Balaban J connectivity index is 2.24. The lowest BCUT2D eigenvalue weighted by Gasteiger charge is -2.03. The summed E-state index contributed by atoms with van der Waals surface area (Å²) in [5, 5.41) is 11.1. The van der Waals surface area contributed by atoms with Crippen molar-refractivity contribution in [2.24, 2.45) is 0 Å². The first-order valence-electron chi connectivity index (χ1n) is 6.10. The highest BCUT2D eigenvalue weighted by Gasteiger charge is 2.14. The third-order valence-electron chi connectivity index (χ3n) is 3.25. The van der Waals surface area contributed by atoms with Crippen LogP contribution in [0.1, 0.15) is 17.0 Å². The van der Waals surface area contributed by atoms with Crippen molar-refractivity contribution in [1.29, 1.82) is 5.26 Å². The summed E-state index contributed by atoms with van der Waals surface area (Å²) in [6.07, 6.45) is 0.391. The number of benzene rings is 1. The Hall–Kier alpha value is -2.12. The van der Waals surface area contributed by atoms with Crippen LogP contribution < -0.4 is 0 Å². The Morgan fingerprint density at radius 2 is 2.00 bits per heavy atom. The molecule has 0 aliphatic carbocycles. The van der Waals surface area contributed by atoms with Crippen LogP contribution in [-0.4, -0.2) is 9.38 Å². The topological polar surface area (TPSA) is 41.1 Å². The lowest BCUT2D eigenvalue weighted by atomic mass is 10.1. The Labute approximate surface area is 115 Å². The van der Waals surface area contributed by atoms with E-state index in [2.05, 4.69) is 52.0 Å². The molecule has 19 heavy (non-hydrogen) atoms. The second kappa shape index (κ2) is 4.52. The van der Waals surface area contributed by atoms with Gasteiger partial charge in [-0.25, -0.2) is 4.98 Å². The maximum atomic E-state index is 8.97. The van der Waals surface area contributed by atoms with Gasteiger partial charge < -0.3 is 0 Å². The molecule has 2 heterocycles. The van der Waals surface area contributed by atoms with Gasteiger partial charge in [0.05, 0.1) is 29.6 Å². The van der Waals surface area contributed by atoms with Crippen LogP contribution in [0.25, 0.3) is 16.2 Å². The van der Waals surface area contributed by atoms with Crippen molar-refractivity contribution in [3.63, 3.8) is 0 Å². The summed E-state index contributed by atoms with van der Waals surface area (Å²) < 4.78 is 2.11. The number of imidazole rings is 1. The second-order valence-electron chi connectivity index (χ2n) is 4.58. The summed E-state index contributed by atoms with van der Waals surface area (Å²) in [7, 11) is 0. The van der Waals surface area contributed by atoms with Gasteiger partial charge in [-0.2, -0.15) is 5.26 Å². The lowest BCUT2D eigenvalue weighted by Crippen LogP contribution is -1.94. The molecule has 0 saturated heterocycles. The minimum absolute atomic E-state index is 0.391. The van der Waals surface area contributed by atoms with Crippen molar-refractivity contribution in [2.75, 3.05) is 0 Å². The highest BCUT2D eigenvalue weighted by Crippen LogP contribution is 2.29. The van der Waals surface area contributed by atoms with E-state index < -0.39 is 0 Å². The third-order valence-corrected chi connectivity index (χ3v) is 4.08. The summed E-state index contributed by atoms with van der Waals surface area (Å²) in [5.74, 6) is 0. The van der Waals surface area contributed by atoms with Gasteiger partial charge in [-0.15, -0.1) is 11.3 Å². The van der Waals surface area contributed by atoms with Crippen LogP contribution in [0.2, 0.25) is 0 Å². The van der Waals surface area contributed by atoms with E-state index in [0.29, 0.717) is 6.42 Å². The number of rotatable bonds is 2. The van der Waals surface area contributed by atoms with E-state index in [4.69, 9.17) is 5.26 Å². The molecular formula is C15H13N3S. The first kappa shape index (κ1) is 11.9. The second-order valence-corrected chi connectivity index (χ2v) is 5.42. The SMILES string of the molecule is Cc1ccc(-c2csc3nc(C)c(CC#N)n23)cc1. The molecule has 3 aromatic rings. The highest BCUT2D eigenvalue weighted by atomic mass is 32.1. The fourth-order valence-electron chi connectivity index (χ4n) is 2.23. The molecule has 2 aromatic heterocycles. The molecule has 4 heteroatoms. The van der Waals surface area contributed by atoms with Crippen LogP contribution in [0.3, 0.4) is 0 Å². The van der Waals surface area contributed by atoms with E-state index in [9.17, 15) is 0 Å². The number of hydrogen-bond acceptors (Lipinski definition) is 3. The molecule has 3 rings (SSSR count). The van der Waals surface area contributed by atoms with Crippen LogP contribution in [0.4, 0.5) is 0 Å². The molecule has 1 aromatic carbocycles. The number of aromatic nitrogens is 2. The van der Waals surface area contributed by atoms with Gasteiger partial charge in [0, 0.05) is 5.38 Å². The van der Waals surface area contributed by atoms with Crippen molar-refractivity contribution in [3.05, 3.63) is 46.6 Å². The van der Waals surface area contributed by atoms with Gasteiger partial charge in [0.15, 0.2) is 4.96 Å². The Bertz CT molecular complexity index is 772.